The molecule has 0 aliphatic rings. The number of thiophene rings is 1. The SMILES string of the molecule is Cc1cccc2sc(-c3cc(C(=O)O)ccn3)cc12. The molecule has 2 aromatic heterocycles. The van der Waals surface area contributed by atoms with Crippen LogP contribution in [0.5, 0.6) is 0 Å². The summed E-state index contributed by atoms with van der Waals surface area (Å²) in [5.41, 5.74) is 2.19. The summed E-state index contributed by atoms with van der Waals surface area (Å²) in [6.07, 6.45) is 1.54. The van der Waals surface area contributed by atoms with E-state index in [2.05, 4.69) is 30.1 Å². The molecule has 0 fully saturated rings. The summed E-state index contributed by atoms with van der Waals surface area (Å²) in [6.45, 7) is 2.07. The largest absolute Gasteiger partial charge is 0.478 e. The van der Waals surface area contributed by atoms with E-state index in [0.717, 1.165) is 4.88 Å². The van der Waals surface area contributed by atoms with Gasteiger partial charge in [-0.1, -0.05) is 12.1 Å². The highest BCUT2D eigenvalue weighted by molar-refractivity contribution is 7.22. The van der Waals surface area contributed by atoms with Crippen molar-refractivity contribution in [3.05, 3.63) is 53.7 Å². The molecule has 1 N–H and O–H groups in total. The molecule has 0 aliphatic heterocycles. The Labute approximate surface area is 114 Å². The van der Waals surface area contributed by atoms with Gasteiger partial charge in [0, 0.05) is 10.9 Å². The van der Waals surface area contributed by atoms with Crippen LogP contribution in [0.1, 0.15) is 15.9 Å². The average molecular weight is 269 g/mol. The maximum absolute atomic E-state index is 11.0. The van der Waals surface area contributed by atoms with Crippen molar-refractivity contribution in [1.29, 1.82) is 0 Å². The molecule has 4 heteroatoms. The van der Waals surface area contributed by atoms with Gasteiger partial charge in [0.15, 0.2) is 0 Å². The molecule has 1 aromatic carbocycles. The summed E-state index contributed by atoms with van der Waals surface area (Å²) >= 11 is 1.63. The molecule has 0 aliphatic carbocycles. The highest BCUT2D eigenvalue weighted by Gasteiger charge is 2.09. The van der Waals surface area contributed by atoms with E-state index in [9.17, 15) is 4.79 Å². The Morgan fingerprint density at radius 1 is 1.26 bits per heavy atom. The average Bonchev–Trinajstić information content (AvgIpc) is 2.84. The molecule has 0 amide bonds. The molecule has 0 saturated carbocycles. The number of pyridine rings is 1. The number of aromatic nitrogens is 1. The van der Waals surface area contributed by atoms with E-state index >= 15 is 0 Å². The Morgan fingerprint density at radius 2 is 2.11 bits per heavy atom. The smallest absolute Gasteiger partial charge is 0.335 e. The van der Waals surface area contributed by atoms with Crippen LogP contribution in [0.25, 0.3) is 20.7 Å². The minimum absolute atomic E-state index is 0.263. The molecule has 0 radical (unpaired) electrons. The van der Waals surface area contributed by atoms with Crippen LogP contribution >= 0.6 is 11.3 Å². The van der Waals surface area contributed by atoms with Crippen LogP contribution in [0.3, 0.4) is 0 Å². The van der Waals surface area contributed by atoms with Gasteiger partial charge in [-0.2, -0.15) is 0 Å². The first-order valence-electron chi connectivity index (χ1n) is 5.84. The van der Waals surface area contributed by atoms with E-state index in [1.807, 2.05) is 6.07 Å². The van der Waals surface area contributed by atoms with E-state index < -0.39 is 5.97 Å². The van der Waals surface area contributed by atoms with Crippen LogP contribution in [0.2, 0.25) is 0 Å². The number of aromatic carboxylic acids is 1. The van der Waals surface area contributed by atoms with E-state index in [4.69, 9.17) is 5.11 Å². The molecular weight excluding hydrogens is 258 g/mol. The fourth-order valence-corrected chi connectivity index (χ4v) is 3.14. The number of fused-ring (bicyclic) bond motifs is 1. The van der Waals surface area contributed by atoms with Crippen molar-refractivity contribution in [2.24, 2.45) is 0 Å². The quantitative estimate of drug-likeness (QED) is 0.765. The highest BCUT2D eigenvalue weighted by Crippen LogP contribution is 2.34. The van der Waals surface area contributed by atoms with E-state index in [0.29, 0.717) is 5.69 Å². The molecule has 94 valence electrons. The summed E-state index contributed by atoms with van der Waals surface area (Å²) in [7, 11) is 0. The van der Waals surface area contributed by atoms with Crippen LogP contribution in [0.4, 0.5) is 0 Å². The van der Waals surface area contributed by atoms with E-state index in [1.165, 1.54) is 27.9 Å². The minimum atomic E-state index is -0.930. The van der Waals surface area contributed by atoms with Gasteiger partial charge < -0.3 is 5.11 Å². The van der Waals surface area contributed by atoms with Crippen molar-refractivity contribution in [3.63, 3.8) is 0 Å². The Hall–Kier alpha value is -2.20. The number of aryl methyl sites for hydroxylation is 1. The van der Waals surface area contributed by atoms with Gasteiger partial charge >= 0.3 is 5.97 Å². The number of carboxylic acids is 1. The van der Waals surface area contributed by atoms with Crippen LogP contribution in [0, 0.1) is 6.92 Å². The van der Waals surface area contributed by atoms with Crippen molar-refractivity contribution in [2.75, 3.05) is 0 Å². The van der Waals surface area contributed by atoms with Gasteiger partial charge in [-0.25, -0.2) is 4.79 Å². The molecule has 3 rings (SSSR count). The molecular formula is C15H11NO2S. The molecule has 0 saturated heterocycles. The highest BCUT2D eigenvalue weighted by atomic mass is 32.1. The zero-order valence-corrected chi connectivity index (χ0v) is 11.1. The second kappa shape index (κ2) is 4.48. The molecule has 0 atom stereocenters. The second-order valence-electron chi connectivity index (χ2n) is 4.33. The summed E-state index contributed by atoms with van der Waals surface area (Å²) in [5.74, 6) is -0.930. The van der Waals surface area contributed by atoms with Crippen LogP contribution in [0.15, 0.2) is 42.6 Å². The van der Waals surface area contributed by atoms with Gasteiger partial charge in [-0.15, -0.1) is 11.3 Å². The Bertz CT molecular complexity index is 777. The summed E-state index contributed by atoms with van der Waals surface area (Å²) in [4.78, 5) is 16.2. The van der Waals surface area contributed by atoms with E-state index in [1.54, 1.807) is 17.4 Å². The molecule has 2 heterocycles. The van der Waals surface area contributed by atoms with Crippen molar-refractivity contribution in [1.82, 2.24) is 4.98 Å². The Morgan fingerprint density at radius 3 is 2.84 bits per heavy atom. The number of nitrogens with zero attached hydrogens (tertiary/aromatic N) is 1. The zero-order valence-electron chi connectivity index (χ0n) is 10.3. The van der Waals surface area contributed by atoms with Gasteiger partial charge in [-0.05, 0) is 42.1 Å². The standard InChI is InChI=1S/C15H11NO2S/c1-9-3-2-4-13-11(9)8-14(19-13)12-7-10(15(17)18)5-6-16-12/h2-8H,1H3,(H,17,18). The number of rotatable bonds is 2. The van der Waals surface area contributed by atoms with Crippen molar-refractivity contribution >= 4 is 27.4 Å². The lowest BCUT2D eigenvalue weighted by molar-refractivity contribution is 0.0697. The molecule has 0 bridgehead atoms. The summed E-state index contributed by atoms with van der Waals surface area (Å²) in [6, 6.07) is 11.4. The van der Waals surface area contributed by atoms with Crippen molar-refractivity contribution in [3.8, 4) is 10.6 Å². The van der Waals surface area contributed by atoms with Gasteiger partial charge in [0.25, 0.3) is 0 Å². The van der Waals surface area contributed by atoms with Crippen LogP contribution in [-0.4, -0.2) is 16.1 Å². The fraction of sp³-hybridized carbons (Fsp3) is 0.0667. The number of carboxylic acid groups (broad SMARTS) is 1. The van der Waals surface area contributed by atoms with Crippen LogP contribution in [-0.2, 0) is 0 Å². The minimum Gasteiger partial charge on any atom is -0.478 e. The Kier molecular flexibility index (Phi) is 2.80. The third-order valence-electron chi connectivity index (χ3n) is 3.04. The number of hydrogen-bond donors (Lipinski definition) is 1. The Balaban J connectivity index is 2.16. The van der Waals surface area contributed by atoms with Gasteiger partial charge in [0.1, 0.15) is 0 Å². The van der Waals surface area contributed by atoms with Crippen molar-refractivity contribution in [2.45, 2.75) is 6.92 Å². The monoisotopic (exact) mass is 269 g/mol. The number of benzene rings is 1. The van der Waals surface area contributed by atoms with Crippen LogP contribution < -0.4 is 0 Å². The molecule has 0 unspecified atom stereocenters. The first-order chi connectivity index (χ1) is 9.15. The maximum Gasteiger partial charge on any atom is 0.335 e. The summed E-state index contributed by atoms with van der Waals surface area (Å²) < 4.78 is 1.19. The number of carbonyl (C=O) groups is 1. The normalized spacial score (nSPS) is 10.8. The van der Waals surface area contributed by atoms with Crippen molar-refractivity contribution < 1.29 is 9.90 Å². The van der Waals surface area contributed by atoms with Gasteiger partial charge in [-0.3, -0.25) is 4.98 Å². The molecule has 0 spiro atoms. The predicted octanol–water partition coefficient (Wildman–Crippen LogP) is 3.97. The lowest BCUT2D eigenvalue weighted by Crippen LogP contribution is -1.96. The van der Waals surface area contributed by atoms with Gasteiger partial charge in [0.05, 0.1) is 16.1 Å². The topological polar surface area (TPSA) is 50.2 Å². The fourth-order valence-electron chi connectivity index (χ4n) is 2.03. The number of hydrogen-bond acceptors (Lipinski definition) is 3. The molecule has 3 nitrogen and oxygen atoms in total. The maximum atomic E-state index is 11.0. The first-order valence-corrected chi connectivity index (χ1v) is 6.66. The summed E-state index contributed by atoms with van der Waals surface area (Å²) in [5, 5.41) is 10.2. The zero-order chi connectivity index (χ0) is 13.4. The molecule has 3 aromatic rings. The second-order valence-corrected chi connectivity index (χ2v) is 5.42. The molecule has 19 heavy (non-hydrogen) atoms. The third kappa shape index (κ3) is 2.11. The van der Waals surface area contributed by atoms with E-state index in [-0.39, 0.29) is 5.56 Å². The predicted molar refractivity (Wildman–Crippen MR) is 76.8 cm³/mol. The van der Waals surface area contributed by atoms with Gasteiger partial charge in [0.2, 0.25) is 0 Å². The lowest BCUT2D eigenvalue weighted by atomic mass is 10.1. The lowest BCUT2D eigenvalue weighted by Gasteiger charge is -1.98. The first kappa shape index (κ1) is 11.9. The third-order valence-corrected chi connectivity index (χ3v) is 4.16.